The number of para-hydroxylation sites is 3. The van der Waals surface area contributed by atoms with Gasteiger partial charge >= 0.3 is 0 Å². The summed E-state index contributed by atoms with van der Waals surface area (Å²) >= 11 is 0. The lowest BCUT2D eigenvalue weighted by Gasteiger charge is -2.31. The van der Waals surface area contributed by atoms with Gasteiger partial charge in [-0.1, -0.05) is 30.3 Å². The van der Waals surface area contributed by atoms with E-state index in [1.165, 1.54) is 0 Å². The number of nitrogens with one attached hydrogen (secondary N) is 1. The van der Waals surface area contributed by atoms with Crippen molar-refractivity contribution in [1.29, 1.82) is 0 Å². The monoisotopic (exact) mass is 444 g/mol. The van der Waals surface area contributed by atoms with E-state index in [0.29, 0.717) is 43.1 Å². The van der Waals surface area contributed by atoms with E-state index in [-0.39, 0.29) is 17.7 Å². The van der Waals surface area contributed by atoms with Crippen molar-refractivity contribution in [3.8, 4) is 11.4 Å². The Morgan fingerprint density at radius 1 is 1.00 bits per heavy atom. The SMILES string of the molecule is COc1ccccc1NC(=O)C1CCN(C(=O)c2nn(-c3ccccc3)c3c2CCC3)CC1. The van der Waals surface area contributed by atoms with E-state index in [9.17, 15) is 9.59 Å². The molecule has 7 heteroatoms. The standard InChI is InChI=1S/C26H28N4O3/c1-33-23-13-6-5-11-21(23)27-25(31)18-14-16-29(17-15-18)26(32)24-20-10-7-12-22(20)30(28-24)19-8-3-2-4-9-19/h2-6,8-9,11,13,18H,7,10,12,14-17H2,1H3,(H,27,31). The van der Waals surface area contributed by atoms with Gasteiger partial charge in [0.1, 0.15) is 5.75 Å². The van der Waals surface area contributed by atoms with Crippen LogP contribution in [0.25, 0.3) is 5.69 Å². The van der Waals surface area contributed by atoms with Crippen molar-refractivity contribution < 1.29 is 14.3 Å². The third kappa shape index (κ3) is 4.11. The van der Waals surface area contributed by atoms with Crippen LogP contribution in [0, 0.1) is 5.92 Å². The van der Waals surface area contributed by atoms with E-state index < -0.39 is 0 Å². The van der Waals surface area contributed by atoms with Gasteiger partial charge < -0.3 is 15.0 Å². The summed E-state index contributed by atoms with van der Waals surface area (Å²) in [5.41, 5.74) is 4.46. The number of hydrogen-bond acceptors (Lipinski definition) is 4. The van der Waals surface area contributed by atoms with E-state index in [1.54, 1.807) is 7.11 Å². The molecule has 2 amide bonds. The Balaban J connectivity index is 1.26. The van der Waals surface area contributed by atoms with Crippen LogP contribution in [-0.2, 0) is 17.6 Å². The molecule has 1 fully saturated rings. The Bertz CT molecular complexity index is 1160. The molecule has 170 valence electrons. The molecule has 0 radical (unpaired) electrons. The molecule has 1 aliphatic carbocycles. The number of carbonyl (C=O) groups excluding carboxylic acids is 2. The van der Waals surface area contributed by atoms with Gasteiger partial charge in [0.15, 0.2) is 5.69 Å². The van der Waals surface area contributed by atoms with Gasteiger partial charge in [-0.2, -0.15) is 5.10 Å². The number of rotatable bonds is 5. The first-order chi connectivity index (χ1) is 16.2. The largest absolute Gasteiger partial charge is 0.495 e. The van der Waals surface area contributed by atoms with E-state index in [0.717, 1.165) is 36.2 Å². The van der Waals surface area contributed by atoms with Crippen LogP contribution in [0.1, 0.15) is 41.0 Å². The van der Waals surface area contributed by atoms with Gasteiger partial charge in [0.05, 0.1) is 18.5 Å². The topological polar surface area (TPSA) is 76.5 Å². The lowest BCUT2D eigenvalue weighted by molar-refractivity contribution is -0.121. The zero-order valence-electron chi connectivity index (χ0n) is 18.8. The van der Waals surface area contributed by atoms with Crippen LogP contribution >= 0.6 is 0 Å². The smallest absolute Gasteiger partial charge is 0.274 e. The second kappa shape index (κ2) is 9.10. The third-order valence-electron chi connectivity index (χ3n) is 6.65. The Hall–Kier alpha value is -3.61. The summed E-state index contributed by atoms with van der Waals surface area (Å²) in [6.07, 6.45) is 4.14. The molecule has 0 spiro atoms. The van der Waals surface area contributed by atoms with Gasteiger partial charge in [0.2, 0.25) is 5.91 Å². The molecule has 2 aliphatic rings. The second-order valence-electron chi connectivity index (χ2n) is 8.63. The summed E-state index contributed by atoms with van der Waals surface area (Å²) in [5, 5.41) is 7.72. The zero-order valence-corrected chi connectivity index (χ0v) is 18.8. The Kier molecular flexibility index (Phi) is 5.86. The number of likely N-dealkylation sites (tertiary alicyclic amines) is 1. The molecule has 1 aliphatic heterocycles. The van der Waals surface area contributed by atoms with E-state index in [1.807, 2.05) is 64.2 Å². The van der Waals surface area contributed by atoms with Crippen LogP contribution in [0.5, 0.6) is 5.75 Å². The van der Waals surface area contributed by atoms with E-state index >= 15 is 0 Å². The number of carbonyl (C=O) groups is 2. The molecule has 5 rings (SSSR count). The van der Waals surface area contributed by atoms with Crippen molar-refractivity contribution >= 4 is 17.5 Å². The number of fused-ring (bicyclic) bond motifs is 1. The molecule has 0 unspecified atom stereocenters. The number of amides is 2. The quantitative estimate of drug-likeness (QED) is 0.648. The van der Waals surface area contributed by atoms with Crippen LogP contribution in [0.3, 0.4) is 0 Å². The minimum Gasteiger partial charge on any atom is -0.495 e. The lowest BCUT2D eigenvalue weighted by Crippen LogP contribution is -2.41. The summed E-state index contributed by atoms with van der Waals surface area (Å²) in [7, 11) is 1.59. The van der Waals surface area contributed by atoms with Crippen molar-refractivity contribution in [2.45, 2.75) is 32.1 Å². The van der Waals surface area contributed by atoms with Gasteiger partial charge in [0, 0.05) is 30.3 Å². The van der Waals surface area contributed by atoms with Crippen LogP contribution < -0.4 is 10.1 Å². The number of nitrogens with zero attached hydrogens (tertiary/aromatic N) is 3. The maximum Gasteiger partial charge on any atom is 0.274 e. The number of methoxy groups -OCH3 is 1. The van der Waals surface area contributed by atoms with E-state index in [4.69, 9.17) is 9.84 Å². The maximum atomic E-state index is 13.4. The predicted molar refractivity (Wildman–Crippen MR) is 126 cm³/mol. The molecular weight excluding hydrogens is 416 g/mol. The number of aromatic nitrogens is 2. The summed E-state index contributed by atoms with van der Waals surface area (Å²) in [6, 6.07) is 17.4. The van der Waals surface area contributed by atoms with Gasteiger partial charge in [-0.25, -0.2) is 4.68 Å². The summed E-state index contributed by atoms with van der Waals surface area (Å²) in [5.74, 6) is 0.458. The summed E-state index contributed by atoms with van der Waals surface area (Å²) in [4.78, 5) is 28.0. The average molecular weight is 445 g/mol. The summed E-state index contributed by atoms with van der Waals surface area (Å²) in [6.45, 7) is 1.10. The second-order valence-corrected chi connectivity index (χ2v) is 8.63. The predicted octanol–water partition coefficient (Wildman–Crippen LogP) is 3.86. The van der Waals surface area contributed by atoms with E-state index in [2.05, 4.69) is 5.32 Å². The highest BCUT2D eigenvalue weighted by molar-refractivity contribution is 5.96. The third-order valence-corrected chi connectivity index (χ3v) is 6.65. The van der Waals surface area contributed by atoms with Crippen LogP contribution in [0.4, 0.5) is 5.69 Å². The van der Waals surface area contributed by atoms with Crippen molar-refractivity contribution in [3.05, 3.63) is 71.5 Å². The molecule has 33 heavy (non-hydrogen) atoms. The molecule has 1 saturated heterocycles. The Labute approximate surface area is 193 Å². The highest BCUT2D eigenvalue weighted by Crippen LogP contribution is 2.30. The van der Waals surface area contributed by atoms with Crippen LogP contribution in [-0.4, -0.2) is 46.7 Å². The highest BCUT2D eigenvalue weighted by Gasteiger charge is 2.33. The van der Waals surface area contributed by atoms with Crippen LogP contribution in [0.2, 0.25) is 0 Å². The molecule has 0 saturated carbocycles. The van der Waals surface area contributed by atoms with Gasteiger partial charge in [-0.3, -0.25) is 9.59 Å². The summed E-state index contributed by atoms with van der Waals surface area (Å²) < 4.78 is 7.26. The molecule has 1 N–H and O–H groups in total. The number of piperidine rings is 1. The lowest BCUT2D eigenvalue weighted by atomic mass is 9.95. The first-order valence-corrected chi connectivity index (χ1v) is 11.5. The van der Waals surface area contributed by atoms with Crippen molar-refractivity contribution in [3.63, 3.8) is 0 Å². The Morgan fingerprint density at radius 2 is 1.73 bits per heavy atom. The van der Waals surface area contributed by atoms with Gasteiger partial charge in [-0.05, 0) is 56.4 Å². The van der Waals surface area contributed by atoms with Gasteiger partial charge in [-0.15, -0.1) is 0 Å². The minimum absolute atomic E-state index is 0.0218. The number of hydrogen-bond donors (Lipinski definition) is 1. The Morgan fingerprint density at radius 3 is 2.48 bits per heavy atom. The number of anilines is 1. The molecule has 2 heterocycles. The first-order valence-electron chi connectivity index (χ1n) is 11.5. The molecule has 0 atom stereocenters. The maximum absolute atomic E-state index is 13.4. The molecule has 7 nitrogen and oxygen atoms in total. The van der Waals surface area contributed by atoms with Crippen LogP contribution in [0.15, 0.2) is 54.6 Å². The molecular formula is C26H28N4O3. The van der Waals surface area contributed by atoms with Crippen molar-refractivity contribution in [1.82, 2.24) is 14.7 Å². The fourth-order valence-electron chi connectivity index (χ4n) is 4.87. The minimum atomic E-state index is -0.133. The highest BCUT2D eigenvalue weighted by atomic mass is 16.5. The zero-order chi connectivity index (χ0) is 22.8. The van der Waals surface area contributed by atoms with Crippen molar-refractivity contribution in [2.75, 3.05) is 25.5 Å². The molecule has 2 aromatic carbocycles. The molecule has 3 aromatic rings. The first kappa shape index (κ1) is 21.2. The number of ether oxygens (including phenoxy) is 1. The molecule has 0 bridgehead atoms. The van der Waals surface area contributed by atoms with Gasteiger partial charge in [0.25, 0.3) is 5.91 Å². The normalized spacial score (nSPS) is 15.8. The fourth-order valence-corrected chi connectivity index (χ4v) is 4.87. The van der Waals surface area contributed by atoms with Crippen molar-refractivity contribution in [2.24, 2.45) is 5.92 Å². The fraction of sp³-hybridized carbons (Fsp3) is 0.346. The number of benzene rings is 2. The average Bonchev–Trinajstić information content (AvgIpc) is 3.48. The molecule has 1 aromatic heterocycles.